The first kappa shape index (κ1) is 13.9. The van der Waals surface area contributed by atoms with Gasteiger partial charge in [0.2, 0.25) is 0 Å². The molecular formula is C12H13Cl3N2O. The van der Waals surface area contributed by atoms with Gasteiger partial charge in [0.05, 0.1) is 47.1 Å². The highest BCUT2D eigenvalue weighted by Gasteiger charge is 2.13. The van der Waals surface area contributed by atoms with E-state index in [1.807, 2.05) is 18.0 Å². The van der Waals surface area contributed by atoms with Gasteiger partial charge in [0.1, 0.15) is 0 Å². The third kappa shape index (κ3) is 3.09. The molecule has 0 unspecified atom stereocenters. The Labute approximate surface area is 121 Å². The Kier molecular flexibility index (Phi) is 4.73. The molecule has 0 saturated carbocycles. The van der Waals surface area contributed by atoms with Crippen LogP contribution in [0, 0.1) is 0 Å². The molecule has 1 fully saturated rings. The Morgan fingerprint density at radius 3 is 2.50 bits per heavy atom. The van der Waals surface area contributed by atoms with Crippen LogP contribution in [0.2, 0.25) is 15.1 Å². The van der Waals surface area contributed by atoms with Gasteiger partial charge < -0.3 is 4.74 Å². The van der Waals surface area contributed by atoms with Crippen molar-refractivity contribution >= 4 is 40.5 Å². The van der Waals surface area contributed by atoms with Gasteiger partial charge in [-0.3, -0.25) is 5.01 Å². The number of halogens is 3. The number of hydrogen-bond donors (Lipinski definition) is 0. The zero-order valence-corrected chi connectivity index (χ0v) is 12.2. The first-order chi connectivity index (χ1) is 8.59. The minimum absolute atomic E-state index is 0.368. The molecule has 0 aliphatic carbocycles. The summed E-state index contributed by atoms with van der Waals surface area (Å²) in [6.07, 6.45) is 0. The number of hydrazone groups is 1. The van der Waals surface area contributed by atoms with E-state index < -0.39 is 0 Å². The Morgan fingerprint density at radius 2 is 1.83 bits per heavy atom. The molecule has 0 radical (unpaired) electrons. The molecule has 3 nitrogen and oxygen atoms in total. The van der Waals surface area contributed by atoms with Crippen molar-refractivity contribution in [2.75, 3.05) is 26.3 Å². The summed E-state index contributed by atoms with van der Waals surface area (Å²) in [5.41, 5.74) is 1.62. The van der Waals surface area contributed by atoms with E-state index >= 15 is 0 Å². The van der Waals surface area contributed by atoms with Crippen LogP contribution in [0.3, 0.4) is 0 Å². The predicted octanol–water partition coefficient (Wildman–Crippen LogP) is 3.70. The van der Waals surface area contributed by atoms with E-state index in [1.54, 1.807) is 6.07 Å². The monoisotopic (exact) mass is 306 g/mol. The average molecular weight is 308 g/mol. The molecule has 1 aromatic carbocycles. The summed E-state index contributed by atoms with van der Waals surface area (Å²) in [6, 6.07) is 3.55. The molecule has 1 heterocycles. The third-order valence-corrected chi connectivity index (χ3v) is 4.00. The van der Waals surface area contributed by atoms with Crippen LogP contribution in [0.25, 0.3) is 0 Å². The smallest absolute Gasteiger partial charge is 0.0785 e. The van der Waals surface area contributed by atoms with Gasteiger partial charge in [0.15, 0.2) is 0 Å². The largest absolute Gasteiger partial charge is 0.378 e. The van der Waals surface area contributed by atoms with Gasteiger partial charge in [-0.25, -0.2) is 0 Å². The lowest BCUT2D eigenvalue weighted by Gasteiger charge is -2.24. The lowest BCUT2D eigenvalue weighted by Crippen LogP contribution is -2.33. The number of ether oxygens (including phenoxy) is 1. The second-order valence-electron chi connectivity index (χ2n) is 3.97. The molecule has 1 aromatic rings. The molecule has 0 N–H and O–H groups in total. The maximum atomic E-state index is 6.17. The maximum absolute atomic E-state index is 6.17. The number of morpholine rings is 1. The van der Waals surface area contributed by atoms with Crippen molar-refractivity contribution in [3.05, 3.63) is 32.8 Å². The van der Waals surface area contributed by atoms with Gasteiger partial charge >= 0.3 is 0 Å². The van der Waals surface area contributed by atoms with Crippen molar-refractivity contribution in [2.45, 2.75) is 6.92 Å². The standard InChI is InChI=1S/C12H13Cl3N2O/c1-8(16-17-4-6-18-7-5-17)9-2-3-10(13)12(15)11(9)14/h2-3H,4-7H2,1H3. The first-order valence-electron chi connectivity index (χ1n) is 5.61. The average Bonchev–Trinajstić information content (AvgIpc) is 2.37. The Bertz CT molecular complexity index is 471. The topological polar surface area (TPSA) is 24.8 Å². The van der Waals surface area contributed by atoms with Gasteiger partial charge in [0.25, 0.3) is 0 Å². The van der Waals surface area contributed by atoms with Crippen LogP contribution >= 0.6 is 34.8 Å². The van der Waals surface area contributed by atoms with Crippen molar-refractivity contribution in [3.8, 4) is 0 Å². The quantitative estimate of drug-likeness (QED) is 0.615. The molecule has 98 valence electrons. The van der Waals surface area contributed by atoms with Crippen LogP contribution in [-0.4, -0.2) is 37.0 Å². The summed E-state index contributed by atoms with van der Waals surface area (Å²) in [5, 5.41) is 7.75. The molecule has 18 heavy (non-hydrogen) atoms. The second kappa shape index (κ2) is 6.11. The number of benzene rings is 1. The van der Waals surface area contributed by atoms with E-state index in [2.05, 4.69) is 5.10 Å². The minimum Gasteiger partial charge on any atom is -0.378 e. The molecule has 6 heteroatoms. The van der Waals surface area contributed by atoms with Crippen molar-refractivity contribution < 1.29 is 4.74 Å². The van der Waals surface area contributed by atoms with Crippen LogP contribution in [-0.2, 0) is 4.74 Å². The van der Waals surface area contributed by atoms with Crippen LogP contribution in [0.1, 0.15) is 12.5 Å². The fourth-order valence-electron chi connectivity index (χ4n) is 1.73. The molecule has 1 aliphatic heterocycles. The predicted molar refractivity (Wildman–Crippen MR) is 76.1 cm³/mol. The van der Waals surface area contributed by atoms with E-state index in [1.165, 1.54) is 0 Å². The third-order valence-electron chi connectivity index (χ3n) is 2.70. The zero-order valence-electron chi connectivity index (χ0n) is 9.92. The highest BCUT2D eigenvalue weighted by atomic mass is 35.5. The van der Waals surface area contributed by atoms with E-state index in [9.17, 15) is 0 Å². The summed E-state index contributed by atoms with van der Waals surface area (Å²) in [5.74, 6) is 0. The van der Waals surface area contributed by atoms with Gasteiger partial charge in [-0.15, -0.1) is 0 Å². The van der Waals surface area contributed by atoms with E-state index in [0.29, 0.717) is 28.3 Å². The van der Waals surface area contributed by atoms with Crippen LogP contribution in [0.15, 0.2) is 17.2 Å². The molecule has 2 rings (SSSR count). The van der Waals surface area contributed by atoms with Gasteiger partial charge in [-0.1, -0.05) is 40.9 Å². The van der Waals surface area contributed by atoms with E-state index in [4.69, 9.17) is 39.5 Å². The van der Waals surface area contributed by atoms with Gasteiger partial charge in [0, 0.05) is 5.56 Å². The van der Waals surface area contributed by atoms with Crippen LogP contribution in [0.4, 0.5) is 0 Å². The Hall–Kier alpha value is -0.480. The number of nitrogens with zero attached hydrogens (tertiary/aromatic N) is 2. The lowest BCUT2D eigenvalue weighted by atomic mass is 10.1. The maximum Gasteiger partial charge on any atom is 0.0785 e. The minimum atomic E-state index is 0.368. The number of rotatable bonds is 2. The molecule has 0 amide bonds. The molecule has 0 atom stereocenters. The van der Waals surface area contributed by atoms with Crippen molar-refractivity contribution in [1.82, 2.24) is 5.01 Å². The van der Waals surface area contributed by atoms with Crippen LogP contribution < -0.4 is 0 Å². The van der Waals surface area contributed by atoms with Crippen LogP contribution in [0.5, 0.6) is 0 Å². The van der Waals surface area contributed by atoms with Gasteiger partial charge in [-0.2, -0.15) is 5.10 Å². The summed E-state index contributed by atoms with van der Waals surface area (Å²) in [7, 11) is 0. The first-order valence-corrected chi connectivity index (χ1v) is 6.74. The number of hydrogen-bond acceptors (Lipinski definition) is 3. The highest BCUT2D eigenvalue weighted by Crippen LogP contribution is 2.33. The Balaban J connectivity index is 2.25. The normalized spacial score (nSPS) is 17.1. The highest BCUT2D eigenvalue weighted by molar-refractivity contribution is 6.49. The Morgan fingerprint density at radius 1 is 1.17 bits per heavy atom. The van der Waals surface area contributed by atoms with E-state index in [-0.39, 0.29) is 0 Å². The van der Waals surface area contributed by atoms with Crippen molar-refractivity contribution in [3.63, 3.8) is 0 Å². The summed E-state index contributed by atoms with van der Waals surface area (Å²) in [4.78, 5) is 0. The summed E-state index contributed by atoms with van der Waals surface area (Å²) >= 11 is 18.1. The van der Waals surface area contributed by atoms with E-state index in [0.717, 1.165) is 24.4 Å². The molecule has 0 aromatic heterocycles. The SMILES string of the molecule is CC(=NN1CCOCC1)c1ccc(Cl)c(Cl)c1Cl. The lowest BCUT2D eigenvalue weighted by molar-refractivity contribution is 0.0393. The van der Waals surface area contributed by atoms with Gasteiger partial charge in [-0.05, 0) is 13.0 Å². The van der Waals surface area contributed by atoms with Crippen molar-refractivity contribution in [2.24, 2.45) is 5.10 Å². The molecular weight excluding hydrogens is 295 g/mol. The van der Waals surface area contributed by atoms with Crippen molar-refractivity contribution in [1.29, 1.82) is 0 Å². The summed E-state index contributed by atoms with van der Waals surface area (Å²) in [6.45, 7) is 4.88. The fraction of sp³-hybridized carbons (Fsp3) is 0.417. The molecule has 0 bridgehead atoms. The molecule has 0 spiro atoms. The molecule has 1 aliphatic rings. The molecule has 1 saturated heterocycles. The fourth-order valence-corrected chi connectivity index (χ4v) is 2.40. The zero-order chi connectivity index (χ0) is 13.1. The summed E-state index contributed by atoms with van der Waals surface area (Å²) < 4.78 is 5.27. The second-order valence-corrected chi connectivity index (χ2v) is 5.14.